The van der Waals surface area contributed by atoms with Crippen molar-refractivity contribution in [3.8, 4) is 0 Å². The molecule has 0 aromatic heterocycles. The summed E-state index contributed by atoms with van der Waals surface area (Å²) in [5.41, 5.74) is -0.736. The summed E-state index contributed by atoms with van der Waals surface area (Å²) < 4.78 is 0. The van der Waals surface area contributed by atoms with Gasteiger partial charge in [0.05, 0.1) is 0 Å². The SMILES string of the molecule is CC(C)(CCC[PH](C)(C)C)[N+](=O)[O-]. The van der Waals surface area contributed by atoms with E-state index in [1.807, 2.05) is 0 Å². The van der Waals surface area contributed by atoms with E-state index in [1.54, 1.807) is 13.8 Å². The van der Waals surface area contributed by atoms with Crippen molar-refractivity contribution in [1.82, 2.24) is 0 Å². The van der Waals surface area contributed by atoms with Crippen molar-refractivity contribution in [3.63, 3.8) is 0 Å². The van der Waals surface area contributed by atoms with Crippen LogP contribution in [0.2, 0.25) is 0 Å². The normalized spacial score (nSPS) is 14.2. The fourth-order valence-electron chi connectivity index (χ4n) is 1.14. The van der Waals surface area contributed by atoms with Crippen molar-refractivity contribution in [1.29, 1.82) is 0 Å². The molecular formula is C9H22NO2P. The molecule has 0 bridgehead atoms. The Kier molecular flexibility index (Phi) is 4.31. The van der Waals surface area contributed by atoms with Crippen LogP contribution >= 0.6 is 7.26 Å². The zero-order valence-corrected chi connectivity index (χ0v) is 10.4. The van der Waals surface area contributed by atoms with Gasteiger partial charge < -0.3 is 0 Å². The van der Waals surface area contributed by atoms with Crippen molar-refractivity contribution < 1.29 is 4.92 Å². The van der Waals surface area contributed by atoms with Crippen LogP contribution in [0.4, 0.5) is 0 Å². The van der Waals surface area contributed by atoms with Gasteiger partial charge in [-0.3, -0.25) is 0 Å². The summed E-state index contributed by atoms with van der Waals surface area (Å²) in [6.45, 7) is 10.3. The molecule has 0 aliphatic rings. The molecule has 0 aromatic rings. The van der Waals surface area contributed by atoms with Crippen molar-refractivity contribution >= 4 is 7.26 Å². The van der Waals surface area contributed by atoms with Crippen LogP contribution in [-0.2, 0) is 0 Å². The molecule has 0 unspecified atom stereocenters. The standard InChI is InChI=1S/C9H22NO2P/c1-9(2,10(11)12)7-6-8-13(3,4)5/h13H,6-8H2,1-5H3. The third kappa shape index (κ3) is 5.98. The van der Waals surface area contributed by atoms with Gasteiger partial charge >= 0.3 is 80.7 Å². The molecule has 0 heterocycles. The van der Waals surface area contributed by atoms with E-state index in [0.29, 0.717) is 6.42 Å². The average molecular weight is 207 g/mol. The Morgan fingerprint density at radius 3 is 2.08 bits per heavy atom. The summed E-state index contributed by atoms with van der Waals surface area (Å²) >= 11 is 0. The molecule has 0 saturated heterocycles. The van der Waals surface area contributed by atoms with Crippen LogP contribution in [0.25, 0.3) is 0 Å². The van der Waals surface area contributed by atoms with Gasteiger partial charge in [0.1, 0.15) is 0 Å². The van der Waals surface area contributed by atoms with Gasteiger partial charge in [-0.1, -0.05) is 0 Å². The Morgan fingerprint density at radius 2 is 1.77 bits per heavy atom. The van der Waals surface area contributed by atoms with Crippen LogP contribution in [0.5, 0.6) is 0 Å². The topological polar surface area (TPSA) is 43.1 Å². The number of nitrogens with zero attached hydrogens (tertiary/aromatic N) is 1. The Bertz CT molecular complexity index is 185. The van der Waals surface area contributed by atoms with Gasteiger partial charge in [-0.2, -0.15) is 0 Å². The van der Waals surface area contributed by atoms with Gasteiger partial charge in [-0.25, -0.2) is 0 Å². The second kappa shape index (κ2) is 4.36. The molecule has 0 aromatic carbocycles. The summed E-state index contributed by atoms with van der Waals surface area (Å²) in [4.78, 5) is 10.4. The van der Waals surface area contributed by atoms with Crippen molar-refractivity contribution in [2.45, 2.75) is 32.2 Å². The van der Waals surface area contributed by atoms with Gasteiger partial charge in [0, 0.05) is 0 Å². The van der Waals surface area contributed by atoms with Crippen LogP contribution in [0.3, 0.4) is 0 Å². The molecule has 0 N–H and O–H groups in total. The molecule has 0 amide bonds. The Morgan fingerprint density at radius 1 is 1.31 bits per heavy atom. The maximum absolute atomic E-state index is 10.6. The minimum absolute atomic E-state index is 0.169. The van der Waals surface area contributed by atoms with E-state index >= 15 is 0 Å². The first-order chi connectivity index (χ1) is 5.65. The minimum atomic E-state index is -1.01. The molecule has 13 heavy (non-hydrogen) atoms. The van der Waals surface area contributed by atoms with E-state index < -0.39 is 12.8 Å². The van der Waals surface area contributed by atoms with Crippen LogP contribution in [0.1, 0.15) is 26.7 Å². The van der Waals surface area contributed by atoms with Crippen molar-refractivity contribution in [2.75, 3.05) is 26.2 Å². The molecule has 80 valence electrons. The third-order valence-corrected chi connectivity index (χ3v) is 4.06. The zero-order valence-electron chi connectivity index (χ0n) is 9.39. The van der Waals surface area contributed by atoms with Gasteiger partial charge in [-0.15, -0.1) is 0 Å². The van der Waals surface area contributed by atoms with E-state index in [-0.39, 0.29) is 4.92 Å². The van der Waals surface area contributed by atoms with E-state index in [4.69, 9.17) is 0 Å². The van der Waals surface area contributed by atoms with Gasteiger partial charge in [-0.05, 0) is 0 Å². The molecule has 0 spiro atoms. The van der Waals surface area contributed by atoms with Crippen molar-refractivity contribution in [3.05, 3.63) is 10.1 Å². The monoisotopic (exact) mass is 207 g/mol. The molecule has 0 aliphatic heterocycles. The summed E-state index contributed by atoms with van der Waals surface area (Å²) in [7, 11) is -1.01. The van der Waals surface area contributed by atoms with Crippen LogP contribution in [0.15, 0.2) is 0 Å². The van der Waals surface area contributed by atoms with Crippen LogP contribution in [-0.4, -0.2) is 36.6 Å². The summed E-state index contributed by atoms with van der Waals surface area (Å²) in [6, 6.07) is 0. The predicted molar refractivity (Wildman–Crippen MR) is 61.3 cm³/mol. The number of hydrogen-bond acceptors (Lipinski definition) is 2. The maximum atomic E-state index is 10.6. The summed E-state index contributed by atoms with van der Waals surface area (Å²) in [5.74, 6) is 0. The van der Waals surface area contributed by atoms with Gasteiger partial charge in [0.25, 0.3) is 0 Å². The number of nitro groups is 1. The fraction of sp³-hybridized carbons (Fsp3) is 1.00. The second-order valence-corrected chi connectivity index (χ2v) is 11.1. The quantitative estimate of drug-likeness (QED) is 0.395. The number of hydrogen-bond donors (Lipinski definition) is 0. The molecule has 0 rings (SSSR count). The van der Waals surface area contributed by atoms with Crippen LogP contribution in [0, 0.1) is 10.1 Å². The molecule has 0 fully saturated rings. The van der Waals surface area contributed by atoms with Gasteiger partial charge in [0.15, 0.2) is 0 Å². The van der Waals surface area contributed by atoms with E-state index in [1.165, 1.54) is 6.16 Å². The first kappa shape index (κ1) is 12.8. The molecule has 0 atom stereocenters. The molecular weight excluding hydrogens is 185 g/mol. The van der Waals surface area contributed by atoms with Crippen molar-refractivity contribution in [2.24, 2.45) is 0 Å². The summed E-state index contributed by atoms with van der Waals surface area (Å²) in [6.07, 6.45) is 2.87. The van der Waals surface area contributed by atoms with Gasteiger partial charge in [0.2, 0.25) is 0 Å². The van der Waals surface area contributed by atoms with E-state index in [0.717, 1.165) is 6.42 Å². The molecule has 0 aliphatic carbocycles. The van der Waals surface area contributed by atoms with E-state index in [2.05, 4.69) is 20.0 Å². The molecule has 0 radical (unpaired) electrons. The Labute approximate surface area is 81.4 Å². The molecule has 3 nitrogen and oxygen atoms in total. The molecule has 4 heteroatoms. The fourth-order valence-corrected chi connectivity index (χ4v) is 2.38. The zero-order chi connectivity index (χ0) is 10.7. The van der Waals surface area contributed by atoms with E-state index in [9.17, 15) is 10.1 Å². The first-order valence-electron chi connectivity index (χ1n) is 4.80. The Hall–Kier alpha value is -0.170. The third-order valence-electron chi connectivity index (χ3n) is 2.21. The molecule has 0 saturated carbocycles. The second-order valence-electron chi connectivity index (χ2n) is 5.48. The number of rotatable bonds is 5. The first-order valence-corrected chi connectivity index (χ1v) is 8.50. The summed E-state index contributed by atoms with van der Waals surface area (Å²) in [5, 5.41) is 10.6. The van der Waals surface area contributed by atoms with Crippen LogP contribution < -0.4 is 0 Å². The Balaban J connectivity index is 3.84. The predicted octanol–water partition coefficient (Wildman–Crippen LogP) is 2.46. The average Bonchev–Trinajstić information content (AvgIpc) is 1.82.